The van der Waals surface area contributed by atoms with Crippen LogP contribution in [0.2, 0.25) is 0 Å². The molecule has 4 heterocycles. The van der Waals surface area contributed by atoms with E-state index in [2.05, 4.69) is 9.80 Å². The largest absolute Gasteiger partial charge is 0.381 e. The SMILES string of the molecule is O=C([C@@H]1CCCN(C2CCN(C3CCOCC3)CC2)C1)N1CCOCC1. The van der Waals surface area contributed by atoms with Gasteiger partial charge in [-0.05, 0) is 58.2 Å². The summed E-state index contributed by atoms with van der Waals surface area (Å²) in [7, 11) is 0. The van der Waals surface area contributed by atoms with Crippen LogP contribution in [0.15, 0.2) is 0 Å². The second-order valence-electron chi connectivity index (χ2n) is 8.38. The smallest absolute Gasteiger partial charge is 0.227 e. The molecule has 0 aliphatic carbocycles. The van der Waals surface area contributed by atoms with E-state index in [0.29, 0.717) is 25.2 Å². The predicted octanol–water partition coefficient (Wildman–Crippen LogP) is 1.20. The van der Waals surface area contributed by atoms with E-state index in [1.165, 1.54) is 51.7 Å². The summed E-state index contributed by atoms with van der Waals surface area (Å²) in [6.45, 7) is 9.40. The van der Waals surface area contributed by atoms with Crippen molar-refractivity contribution in [3.8, 4) is 0 Å². The molecule has 148 valence electrons. The molecule has 0 bridgehead atoms. The Morgan fingerprint density at radius 2 is 1.35 bits per heavy atom. The van der Waals surface area contributed by atoms with Gasteiger partial charge in [0.15, 0.2) is 0 Å². The van der Waals surface area contributed by atoms with Crippen molar-refractivity contribution in [2.24, 2.45) is 5.92 Å². The number of carbonyl (C=O) groups excluding carboxylic acids is 1. The Morgan fingerprint density at radius 1 is 0.692 bits per heavy atom. The Morgan fingerprint density at radius 3 is 2.08 bits per heavy atom. The zero-order valence-electron chi connectivity index (χ0n) is 16.1. The highest BCUT2D eigenvalue weighted by Crippen LogP contribution is 2.27. The lowest BCUT2D eigenvalue weighted by Crippen LogP contribution is -2.53. The van der Waals surface area contributed by atoms with E-state index in [4.69, 9.17) is 9.47 Å². The van der Waals surface area contributed by atoms with E-state index in [1.54, 1.807) is 0 Å². The normalized spacial score (nSPS) is 31.2. The van der Waals surface area contributed by atoms with Crippen molar-refractivity contribution in [3.63, 3.8) is 0 Å². The van der Waals surface area contributed by atoms with Gasteiger partial charge in [-0.25, -0.2) is 0 Å². The van der Waals surface area contributed by atoms with Crippen LogP contribution in [0.25, 0.3) is 0 Å². The van der Waals surface area contributed by atoms with E-state index >= 15 is 0 Å². The van der Waals surface area contributed by atoms with Crippen LogP contribution >= 0.6 is 0 Å². The molecule has 0 unspecified atom stereocenters. The fraction of sp³-hybridized carbons (Fsp3) is 0.950. The minimum absolute atomic E-state index is 0.204. The predicted molar refractivity (Wildman–Crippen MR) is 100 cm³/mol. The number of rotatable bonds is 3. The van der Waals surface area contributed by atoms with E-state index < -0.39 is 0 Å². The maximum atomic E-state index is 12.9. The summed E-state index contributed by atoms with van der Waals surface area (Å²) in [4.78, 5) is 20.2. The number of morpholine rings is 1. The third-order valence-electron chi connectivity index (χ3n) is 6.85. The number of carbonyl (C=O) groups is 1. The minimum atomic E-state index is 0.204. The zero-order valence-corrected chi connectivity index (χ0v) is 16.1. The van der Waals surface area contributed by atoms with Crippen molar-refractivity contribution in [1.82, 2.24) is 14.7 Å². The molecule has 1 atom stereocenters. The van der Waals surface area contributed by atoms with Gasteiger partial charge in [-0.1, -0.05) is 0 Å². The van der Waals surface area contributed by atoms with Crippen molar-refractivity contribution in [1.29, 1.82) is 0 Å². The van der Waals surface area contributed by atoms with Crippen LogP contribution in [-0.2, 0) is 14.3 Å². The monoisotopic (exact) mass is 365 g/mol. The van der Waals surface area contributed by atoms with E-state index in [9.17, 15) is 4.79 Å². The molecule has 26 heavy (non-hydrogen) atoms. The van der Waals surface area contributed by atoms with Gasteiger partial charge in [0.1, 0.15) is 0 Å². The molecule has 0 radical (unpaired) electrons. The van der Waals surface area contributed by atoms with Gasteiger partial charge in [-0.2, -0.15) is 0 Å². The Hall–Kier alpha value is -0.690. The molecular formula is C20H35N3O3. The van der Waals surface area contributed by atoms with E-state index in [1.807, 2.05) is 4.90 Å². The van der Waals surface area contributed by atoms with Gasteiger partial charge in [-0.3, -0.25) is 9.69 Å². The summed E-state index contributed by atoms with van der Waals surface area (Å²) < 4.78 is 10.9. The van der Waals surface area contributed by atoms with Crippen molar-refractivity contribution in [3.05, 3.63) is 0 Å². The molecule has 4 fully saturated rings. The molecule has 4 aliphatic heterocycles. The standard InChI is InChI=1S/C20H35N3O3/c24-20(22-10-14-26-15-11-22)17-2-1-7-23(16-17)18-3-8-21(9-4-18)19-5-12-25-13-6-19/h17-19H,1-16H2/t17-/m1/s1. The fourth-order valence-electron chi connectivity index (χ4n) is 5.25. The summed E-state index contributed by atoms with van der Waals surface area (Å²) >= 11 is 0. The topological polar surface area (TPSA) is 45.2 Å². The zero-order chi connectivity index (χ0) is 17.8. The van der Waals surface area contributed by atoms with Crippen LogP contribution in [0.1, 0.15) is 38.5 Å². The molecule has 0 aromatic heterocycles. The van der Waals surface area contributed by atoms with Gasteiger partial charge in [0.05, 0.1) is 19.1 Å². The van der Waals surface area contributed by atoms with Crippen LogP contribution in [0.4, 0.5) is 0 Å². The number of hydrogen-bond acceptors (Lipinski definition) is 5. The molecule has 1 amide bonds. The van der Waals surface area contributed by atoms with Crippen molar-refractivity contribution < 1.29 is 14.3 Å². The van der Waals surface area contributed by atoms with Crippen LogP contribution in [0, 0.1) is 5.92 Å². The minimum Gasteiger partial charge on any atom is -0.381 e. The summed E-state index contributed by atoms with van der Waals surface area (Å²) in [6.07, 6.45) is 7.15. The molecule has 4 saturated heterocycles. The maximum absolute atomic E-state index is 12.9. The first kappa shape index (κ1) is 18.7. The average Bonchev–Trinajstić information content (AvgIpc) is 2.75. The molecule has 0 aromatic carbocycles. The molecule has 0 aromatic rings. The quantitative estimate of drug-likeness (QED) is 0.752. The van der Waals surface area contributed by atoms with Gasteiger partial charge in [0.2, 0.25) is 5.91 Å². The van der Waals surface area contributed by atoms with Crippen LogP contribution in [0.5, 0.6) is 0 Å². The first-order valence-corrected chi connectivity index (χ1v) is 10.7. The number of nitrogens with zero attached hydrogens (tertiary/aromatic N) is 3. The van der Waals surface area contributed by atoms with Crippen LogP contribution < -0.4 is 0 Å². The summed E-state index contributed by atoms with van der Waals surface area (Å²) in [5.74, 6) is 0.577. The van der Waals surface area contributed by atoms with Crippen LogP contribution in [-0.4, -0.2) is 98.4 Å². The Kier molecular flexibility index (Phi) is 6.46. The highest BCUT2D eigenvalue weighted by molar-refractivity contribution is 5.79. The second-order valence-corrected chi connectivity index (χ2v) is 8.38. The molecule has 0 spiro atoms. The molecule has 6 heteroatoms. The highest BCUT2D eigenvalue weighted by Gasteiger charge is 2.35. The number of piperidine rings is 2. The lowest BCUT2D eigenvalue weighted by molar-refractivity contribution is -0.142. The van der Waals surface area contributed by atoms with Gasteiger partial charge in [0, 0.05) is 44.9 Å². The van der Waals surface area contributed by atoms with E-state index in [-0.39, 0.29) is 5.92 Å². The number of amides is 1. The Bertz CT molecular complexity index is 455. The molecular weight excluding hydrogens is 330 g/mol. The summed E-state index contributed by atoms with van der Waals surface area (Å²) in [6, 6.07) is 1.41. The van der Waals surface area contributed by atoms with Crippen molar-refractivity contribution >= 4 is 5.91 Å². The fourth-order valence-corrected chi connectivity index (χ4v) is 5.25. The van der Waals surface area contributed by atoms with E-state index in [0.717, 1.165) is 45.3 Å². The highest BCUT2D eigenvalue weighted by atomic mass is 16.5. The van der Waals surface area contributed by atoms with Gasteiger partial charge >= 0.3 is 0 Å². The van der Waals surface area contributed by atoms with Crippen molar-refractivity contribution in [2.45, 2.75) is 50.6 Å². The molecule has 0 saturated carbocycles. The van der Waals surface area contributed by atoms with Gasteiger partial charge < -0.3 is 19.3 Å². The lowest BCUT2D eigenvalue weighted by Gasteiger charge is -2.45. The Labute approximate surface area is 157 Å². The first-order chi connectivity index (χ1) is 12.8. The number of likely N-dealkylation sites (tertiary alicyclic amines) is 2. The third kappa shape index (κ3) is 4.41. The number of hydrogen-bond donors (Lipinski definition) is 0. The summed E-state index contributed by atoms with van der Waals surface area (Å²) in [5, 5.41) is 0. The lowest BCUT2D eigenvalue weighted by atomic mass is 9.92. The van der Waals surface area contributed by atoms with Crippen molar-refractivity contribution in [2.75, 3.05) is 65.7 Å². The summed E-state index contributed by atoms with van der Waals surface area (Å²) in [5.41, 5.74) is 0. The second kappa shape index (κ2) is 9.00. The third-order valence-corrected chi connectivity index (χ3v) is 6.85. The maximum Gasteiger partial charge on any atom is 0.227 e. The van der Waals surface area contributed by atoms with Crippen LogP contribution in [0.3, 0.4) is 0 Å². The molecule has 6 nitrogen and oxygen atoms in total. The van der Waals surface area contributed by atoms with Gasteiger partial charge in [0.25, 0.3) is 0 Å². The Balaban J connectivity index is 1.26. The molecule has 0 N–H and O–H groups in total. The molecule has 4 rings (SSSR count). The first-order valence-electron chi connectivity index (χ1n) is 10.7. The van der Waals surface area contributed by atoms with Gasteiger partial charge in [-0.15, -0.1) is 0 Å². The molecule has 4 aliphatic rings. The average molecular weight is 366 g/mol. The number of ether oxygens (including phenoxy) is 2.